The molecular formula is C17H21ClO5Si. The maximum Gasteiger partial charge on any atom is 0.341 e. The topological polar surface area (TPSA) is 68.9 Å². The van der Waals surface area contributed by atoms with Crippen molar-refractivity contribution >= 4 is 25.6 Å². The van der Waals surface area contributed by atoms with Crippen LogP contribution >= 0.6 is 11.6 Å². The number of carboxylic acids is 1. The third kappa shape index (κ3) is 5.12. The summed E-state index contributed by atoms with van der Waals surface area (Å²) in [6, 6.07) is 8.00. The van der Waals surface area contributed by atoms with E-state index in [1.54, 1.807) is 24.3 Å². The first-order chi connectivity index (χ1) is 11.3. The smallest absolute Gasteiger partial charge is 0.341 e. The molecule has 0 saturated carbocycles. The summed E-state index contributed by atoms with van der Waals surface area (Å²) in [4.78, 5) is 11.2. The van der Waals surface area contributed by atoms with E-state index in [1.165, 1.54) is 6.26 Å². The minimum atomic E-state index is -1.13. The lowest BCUT2D eigenvalue weighted by atomic mass is 10.1. The van der Waals surface area contributed by atoms with Gasteiger partial charge in [0, 0.05) is 20.2 Å². The Morgan fingerprint density at radius 1 is 1.25 bits per heavy atom. The first-order valence-electron chi connectivity index (χ1n) is 7.59. The van der Waals surface area contributed by atoms with E-state index in [0.29, 0.717) is 17.9 Å². The second-order valence-corrected chi connectivity index (χ2v) is 12.6. The van der Waals surface area contributed by atoms with Crippen molar-refractivity contribution in [2.45, 2.75) is 25.7 Å². The van der Waals surface area contributed by atoms with Gasteiger partial charge in [-0.15, -0.1) is 0 Å². The summed E-state index contributed by atoms with van der Waals surface area (Å²) in [5.41, 5.74) is 0.575. The third-order valence-corrected chi connectivity index (χ3v) is 5.36. The Kier molecular flexibility index (Phi) is 6.09. The van der Waals surface area contributed by atoms with Gasteiger partial charge < -0.3 is 19.0 Å². The molecule has 0 aliphatic heterocycles. The van der Waals surface area contributed by atoms with Gasteiger partial charge in [0.05, 0.1) is 5.02 Å². The van der Waals surface area contributed by atoms with Crippen LogP contribution in [0.25, 0.3) is 11.3 Å². The van der Waals surface area contributed by atoms with Gasteiger partial charge in [0.1, 0.15) is 23.3 Å². The number of carbonyl (C=O) groups is 1. The second-order valence-electron chi connectivity index (χ2n) is 6.60. The minimum absolute atomic E-state index is 0.0417. The minimum Gasteiger partial charge on any atom is -0.477 e. The van der Waals surface area contributed by atoms with Crippen LogP contribution in [0.3, 0.4) is 0 Å². The quantitative estimate of drug-likeness (QED) is 0.404. The van der Waals surface area contributed by atoms with Gasteiger partial charge >= 0.3 is 5.97 Å². The SMILES string of the molecule is C[Si](C)(C)CCOCOc1ccc(-c2occ(Cl)c2C(=O)O)cc1. The van der Waals surface area contributed by atoms with Crippen molar-refractivity contribution in [3.05, 3.63) is 41.1 Å². The highest BCUT2D eigenvalue weighted by molar-refractivity contribution is 6.76. The summed E-state index contributed by atoms with van der Waals surface area (Å²) in [5.74, 6) is -0.258. The summed E-state index contributed by atoms with van der Waals surface area (Å²) < 4.78 is 16.2. The van der Waals surface area contributed by atoms with Gasteiger partial charge in [0.15, 0.2) is 6.79 Å². The van der Waals surface area contributed by atoms with Crippen LogP contribution in [0.2, 0.25) is 30.7 Å². The molecule has 1 aromatic heterocycles. The molecule has 1 aromatic carbocycles. The largest absolute Gasteiger partial charge is 0.477 e. The predicted octanol–water partition coefficient (Wildman–Crippen LogP) is 4.99. The fraction of sp³-hybridized carbons (Fsp3) is 0.353. The van der Waals surface area contributed by atoms with Crippen LogP contribution < -0.4 is 4.74 Å². The molecule has 24 heavy (non-hydrogen) atoms. The Morgan fingerprint density at radius 2 is 1.92 bits per heavy atom. The zero-order valence-electron chi connectivity index (χ0n) is 14.0. The summed E-state index contributed by atoms with van der Waals surface area (Å²) in [6.07, 6.45) is 1.22. The maximum absolute atomic E-state index is 11.2. The molecule has 1 heterocycles. The zero-order chi connectivity index (χ0) is 17.7. The van der Waals surface area contributed by atoms with Crippen LogP contribution in [0.15, 0.2) is 34.9 Å². The number of rotatable bonds is 8. The highest BCUT2D eigenvalue weighted by Gasteiger charge is 2.20. The molecule has 0 atom stereocenters. The molecule has 0 spiro atoms. The molecule has 0 fully saturated rings. The number of furan rings is 1. The number of hydrogen-bond acceptors (Lipinski definition) is 4. The number of carboxylic acid groups (broad SMARTS) is 1. The molecule has 0 radical (unpaired) electrons. The molecule has 0 aliphatic rings. The molecule has 1 N–H and O–H groups in total. The highest BCUT2D eigenvalue weighted by atomic mass is 35.5. The molecule has 2 aromatic rings. The predicted molar refractivity (Wildman–Crippen MR) is 95.7 cm³/mol. The lowest BCUT2D eigenvalue weighted by Crippen LogP contribution is -2.22. The van der Waals surface area contributed by atoms with Crippen molar-refractivity contribution in [3.8, 4) is 17.1 Å². The van der Waals surface area contributed by atoms with E-state index < -0.39 is 14.0 Å². The number of hydrogen-bond donors (Lipinski definition) is 1. The van der Waals surface area contributed by atoms with Crippen LogP contribution in [-0.2, 0) is 4.74 Å². The average Bonchev–Trinajstić information content (AvgIpc) is 2.88. The van der Waals surface area contributed by atoms with Gasteiger partial charge in [-0.1, -0.05) is 31.2 Å². The molecule has 0 bridgehead atoms. The monoisotopic (exact) mass is 368 g/mol. The first kappa shape index (κ1) is 18.6. The molecule has 0 aliphatic carbocycles. The van der Waals surface area contributed by atoms with Crippen molar-refractivity contribution in [3.63, 3.8) is 0 Å². The first-order valence-corrected chi connectivity index (χ1v) is 11.7. The van der Waals surface area contributed by atoms with E-state index in [9.17, 15) is 9.90 Å². The van der Waals surface area contributed by atoms with Crippen molar-refractivity contribution in [1.82, 2.24) is 0 Å². The molecule has 0 amide bonds. The Hall–Kier alpha value is -1.76. The van der Waals surface area contributed by atoms with Gasteiger partial charge in [-0.2, -0.15) is 0 Å². The Morgan fingerprint density at radius 3 is 2.50 bits per heavy atom. The molecule has 0 saturated heterocycles. The zero-order valence-corrected chi connectivity index (χ0v) is 15.7. The van der Waals surface area contributed by atoms with E-state index in [2.05, 4.69) is 19.6 Å². The normalized spacial score (nSPS) is 11.5. The van der Waals surface area contributed by atoms with E-state index >= 15 is 0 Å². The standard InChI is InChI=1S/C17H21ClO5Si/c1-24(2,3)9-8-21-11-23-13-6-4-12(5-7-13)16-15(17(19)20)14(18)10-22-16/h4-7,10H,8-9,11H2,1-3H3,(H,19,20). The number of halogens is 1. The van der Waals surface area contributed by atoms with Gasteiger partial charge in [0.2, 0.25) is 0 Å². The van der Waals surface area contributed by atoms with Crippen LogP contribution in [-0.4, -0.2) is 32.5 Å². The summed E-state index contributed by atoms with van der Waals surface area (Å²) in [6.45, 7) is 7.77. The molecule has 2 rings (SSSR count). The van der Waals surface area contributed by atoms with E-state index in [0.717, 1.165) is 6.04 Å². The fourth-order valence-corrected chi connectivity index (χ4v) is 2.97. The van der Waals surface area contributed by atoms with Crippen LogP contribution in [0.5, 0.6) is 5.75 Å². The Balaban J connectivity index is 1.93. The van der Waals surface area contributed by atoms with Gasteiger partial charge in [0.25, 0.3) is 0 Å². The van der Waals surface area contributed by atoms with Gasteiger partial charge in [-0.05, 0) is 30.3 Å². The summed E-state index contributed by atoms with van der Waals surface area (Å²) >= 11 is 5.84. The van der Waals surface area contributed by atoms with Crippen molar-refractivity contribution in [2.24, 2.45) is 0 Å². The van der Waals surface area contributed by atoms with Crippen molar-refractivity contribution < 1.29 is 23.8 Å². The van der Waals surface area contributed by atoms with Crippen molar-refractivity contribution in [1.29, 1.82) is 0 Å². The van der Waals surface area contributed by atoms with Crippen LogP contribution in [0, 0.1) is 0 Å². The van der Waals surface area contributed by atoms with Crippen molar-refractivity contribution in [2.75, 3.05) is 13.4 Å². The summed E-state index contributed by atoms with van der Waals surface area (Å²) in [7, 11) is -1.09. The Labute approximate surface area is 147 Å². The summed E-state index contributed by atoms with van der Waals surface area (Å²) in [5, 5.41) is 9.27. The van der Waals surface area contributed by atoms with Gasteiger partial charge in [-0.25, -0.2) is 4.79 Å². The molecule has 0 unspecified atom stereocenters. The van der Waals surface area contributed by atoms with E-state index in [4.69, 9.17) is 25.5 Å². The second kappa shape index (κ2) is 7.87. The molecule has 5 nitrogen and oxygen atoms in total. The van der Waals surface area contributed by atoms with Crippen LogP contribution in [0.1, 0.15) is 10.4 Å². The maximum atomic E-state index is 11.2. The van der Waals surface area contributed by atoms with Gasteiger partial charge in [-0.3, -0.25) is 0 Å². The van der Waals surface area contributed by atoms with Crippen LogP contribution in [0.4, 0.5) is 0 Å². The molecule has 7 heteroatoms. The Bertz CT molecular complexity index is 688. The highest BCUT2D eigenvalue weighted by Crippen LogP contribution is 2.32. The van der Waals surface area contributed by atoms with E-state index in [-0.39, 0.29) is 23.1 Å². The lowest BCUT2D eigenvalue weighted by molar-refractivity contribution is 0.0220. The third-order valence-electron chi connectivity index (χ3n) is 3.38. The number of ether oxygens (including phenoxy) is 2. The number of benzene rings is 1. The number of aromatic carboxylic acids is 1. The van der Waals surface area contributed by atoms with E-state index in [1.807, 2.05) is 0 Å². The fourth-order valence-electron chi connectivity index (χ4n) is 2.00. The average molecular weight is 369 g/mol. The molecule has 130 valence electrons. The lowest BCUT2D eigenvalue weighted by Gasteiger charge is -2.15. The molecular weight excluding hydrogens is 348 g/mol.